The minimum absolute atomic E-state index is 0.390. The van der Waals surface area contributed by atoms with Gasteiger partial charge in [-0.1, -0.05) is 61.0 Å². The van der Waals surface area contributed by atoms with Gasteiger partial charge < -0.3 is 10.1 Å². The molecule has 0 amide bonds. The summed E-state index contributed by atoms with van der Waals surface area (Å²) in [7, 11) is 0. The highest BCUT2D eigenvalue weighted by Crippen LogP contribution is 2.19. The van der Waals surface area contributed by atoms with Crippen molar-refractivity contribution in [1.29, 1.82) is 0 Å². The summed E-state index contributed by atoms with van der Waals surface area (Å²) in [6, 6.07) is 17.7. The fourth-order valence-electron chi connectivity index (χ4n) is 2.61. The maximum absolute atomic E-state index is 5.56. The molecule has 0 saturated heterocycles. The lowest BCUT2D eigenvalue weighted by atomic mass is 10.0. The van der Waals surface area contributed by atoms with Gasteiger partial charge in [0, 0.05) is 19.2 Å². The van der Waals surface area contributed by atoms with Gasteiger partial charge in [0.25, 0.3) is 0 Å². The molecular formula is C20H27NO. The first kappa shape index (κ1) is 16.7. The molecule has 0 heterocycles. The first-order valence-corrected chi connectivity index (χ1v) is 8.19. The fourth-order valence-corrected chi connectivity index (χ4v) is 2.61. The van der Waals surface area contributed by atoms with Crippen molar-refractivity contribution < 1.29 is 4.74 Å². The molecule has 0 aliphatic carbocycles. The molecule has 22 heavy (non-hydrogen) atoms. The van der Waals surface area contributed by atoms with Crippen molar-refractivity contribution in [2.24, 2.45) is 0 Å². The number of hydrogen-bond acceptors (Lipinski definition) is 2. The van der Waals surface area contributed by atoms with E-state index in [1.807, 2.05) is 6.92 Å². The van der Waals surface area contributed by atoms with E-state index in [1.165, 1.54) is 22.3 Å². The second-order valence-corrected chi connectivity index (χ2v) is 5.66. The van der Waals surface area contributed by atoms with E-state index < -0.39 is 0 Å². The van der Waals surface area contributed by atoms with Crippen molar-refractivity contribution in [3.05, 3.63) is 70.8 Å². The standard InChI is InChI=1S/C20H27NO/c1-4-20(17-12-10-16(3)11-13-17)21-14-18-8-6-7-9-19(18)15-22-5-2/h6-13,20-21H,4-5,14-15H2,1-3H3. The van der Waals surface area contributed by atoms with Crippen LogP contribution in [-0.2, 0) is 17.9 Å². The van der Waals surface area contributed by atoms with Crippen LogP contribution in [0.4, 0.5) is 0 Å². The zero-order valence-corrected chi connectivity index (χ0v) is 13.9. The van der Waals surface area contributed by atoms with Crippen molar-refractivity contribution in [1.82, 2.24) is 5.32 Å². The summed E-state index contributed by atoms with van der Waals surface area (Å²) in [6.07, 6.45) is 1.08. The van der Waals surface area contributed by atoms with Crippen molar-refractivity contribution in [3.8, 4) is 0 Å². The second kappa shape index (κ2) is 8.72. The topological polar surface area (TPSA) is 21.3 Å². The molecule has 0 aliphatic rings. The molecule has 0 saturated carbocycles. The molecule has 2 heteroatoms. The lowest BCUT2D eigenvalue weighted by molar-refractivity contribution is 0.133. The van der Waals surface area contributed by atoms with E-state index in [4.69, 9.17) is 4.74 Å². The number of nitrogens with one attached hydrogen (secondary N) is 1. The predicted octanol–water partition coefficient (Wildman–Crippen LogP) is 4.77. The lowest BCUT2D eigenvalue weighted by Gasteiger charge is -2.19. The molecular weight excluding hydrogens is 270 g/mol. The summed E-state index contributed by atoms with van der Waals surface area (Å²) in [6.45, 7) is 8.70. The summed E-state index contributed by atoms with van der Waals surface area (Å²) in [5.74, 6) is 0. The molecule has 1 N–H and O–H groups in total. The average Bonchev–Trinajstić information content (AvgIpc) is 2.56. The molecule has 0 fully saturated rings. The molecule has 1 unspecified atom stereocenters. The van der Waals surface area contributed by atoms with Crippen LogP contribution in [0.5, 0.6) is 0 Å². The van der Waals surface area contributed by atoms with Crippen LogP contribution in [0.1, 0.15) is 48.6 Å². The zero-order valence-electron chi connectivity index (χ0n) is 13.9. The van der Waals surface area contributed by atoms with Gasteiger partial charge in [-0.2, -0.15) is 0 Å². The van der Waals surface area contributed by atoms with Crippen molar-refractivity contribution in [2.75, 3.05) is 6.61 Å². The van der Waals surface area contributed by atoms with E-state index >= 15 is 0 Å². The Balaban J connectivity index is 2.02. The highest BCUT2D eigenvalue weighted by Gasteiger charge is 2.09. The Hall–Kier alpha value is -1.64. The summed E-state index contributed by atoms with van der Waals surface area (Å²) in [5, 5.41) is 3.68. The van der Waals surface area contributed by atoms with Gasteiger partial charge in [0.05, 0.1) is 6.61 Å². The number of rotatable bonds is 8. The molecule has 2 aromatic carbocycles. The Kier molecular flexibility index (Phi) is 6.63. The molecule has 0 aliphatic heterocycles. The highest BCUT2D eigenvalue weighted by atomic mass is 16.5. The summed E-state index contributed by atoms with van der Waals surface area (Å²) in [4.78, 5) is 0. The smallest absolute Gasteiger partial charge is 0.0719 e. The van der Waals surface area contributed by atoms with Gasteiger partial charge in [0.15, 0.2) is 0 Å². The Morgan fingerprint density at radius 3 is 2.27 bits per heavy atom. The highest BCUT2D eigenvalue weighted by molar-refractivity contribution is 5.28. The fraction of sp³-hybridized carbons (Fsp3) is 0.400. The van der Waals surface area contributed by atoms with Crippen LogP contribution < -0.4 is 5.32 Å². The van der Waals surface area contributed by atoms with Gasteiger partial charge in [-0.25, -0.2) is 0 Å². The molecule has 2 aromatic rings. The molecule has 0 bridgehead atoms. The first-order valence-electron chi connectivity index (χ1n) is 8.19. The summed E-state index contributed by atoms with van der Waals surface area (Å²) < 4.78 is 5.56. The van der Waals surface area contributed by atoms with E-state index in [0.717, 1.165) is 19.6 Å². The third-order valence-electron chi connectivity index (χ3n) is 4.01. The summed E-state index contributed by atoms with van der Waals surface area (Å²) >= 11 is 0. The largest absolute Gasteiger partial charge is 0.377 e. The SMILES string of the molecule is CCOCc1ccccc1CNC(CC)c1ccc(C)cc1. The number of benzene rings is 2. The van der Waals surface area contributed by atoms with Crippen LogP contribution in [0.2, 0.25) is 0 Å². The minimum Gasteiger partial charge on any atom is -0.377 e. The molecule has 2 nitrogen and oxygen atoms in total. The molecule has 0 radical (unpaired) electrons. The normalized spacial score (nSPS) is 12.3. The van der Waals surface area contributed by atoms with Crippen LogP contribution in [0, 0.1) is 6.92 Å². The Morgan fingerprint density at radius 2 is 1.64 bits per heavy atom. The molecule has 118 valence electrons. The third-order valence-corrected chi connectivity index (χ3v) is 4.01. The zero-order chi connectivity index (χ0) is 15.8. The van der Waals surface area contributed by atoms with Crippen molar-refractivity contribution in [3.63, 3.8) is 0 Å². The van der Waals surface area contributed by atoms with Crippen LogP contribution in [0.3, 0.4) is 0 Å². The van der Waals surface area contributed by atoms with Gasteiger partial charge in [-0.05, 0) is 37.0 Å². The van der Waals surface area contributed by atoms with Crippen molar-refractivity contribution >= 4 is 0 Å². The van der Waals surface area contributed by atoms with E-state index in [-0.39, 0.29) is 0 Å². The minimum atomic E-state index is 0.390. The maximum Gasteiger partial charge on any atom is 0.0719 e. The van der Waals surface area contributed by atoms with Crippen molar-refractivity contribution in [2.45, 2.75) is 46.4 Å². The average molecular weight is 297 g/mol. The quantitative estimate of drug-likeness (QED) is 0.757. The Morgan fingerprint density at radius 1 is 0.955 bits per heavy atom. The van der Waals surface area contributed by atoms with Gasteiger partial charge in [-0.15, -0.1) is 0 Å². The third kappa shape index (κ3) is 4.69. The number of ether oxygens (including phenoxy) is 1. The van der Waals surface area contributed by atoms with E-state index in [0.29, 0.717) is 12.6 Å². The van der Waals surface area contributed by atoms with E-state index in [2.05, 4.69) is 67.7 Å². The number of aryl methyl sites for hydroxylation is 1. The molecule has 2 rings (SSSR count). The van der Waals surface area contributed by atoms with Crippen LogP contribution in [0.15, 0.2) is 48.5 Å². The maximum atomic E-state index is 5.56. The lowest BCUT2D eigenvalue weighted by Crippen LogP contribution is -2.21. The number of hydrogen-bond donors (Lipinski definition) is 1. The Bertz CT molecular complexity index is 562. The van der Waals surface area contributed by atoms with Gasteiger partial charge in [0.1, 0.15) is 0 Å². The van der Waals surface area contributed by atoms with Gasteiger partial charge >= 0.3 is 0 Å². The first-order chi connectivity index (χ1) is 10.7. The monoisotopic (exact) mass is 297 g/mol. The molecule has 0 aromatic heterocycles. The van der Waals surface area contributed by atoms with E-state index in [9.17, 15) is 0 Å². The Labute approximate surface area is 134 Å². The van der Waals surface area contributed by atoms with Gasteiger partial charge in [0.2, 0.25) is 0 Å². The second-order valence-electron chi connectivity index (χ2n) is 5.66. The molecule has 0 spiro atoms. The van der Waals surface area contributed by atoms with Crippen LogP contribution >= 0.6 is 0 Å². The van der Waals surface area contributed by atoms with Gasteiger partial charge in [-0.3, -0.25) is 0 Å². The predicted molar refractivity (Wildman–Crippen MR) is 92.8 cm³/mol. The summed E-state index contributed by atoms with van der Waals surface area (Å²) in [5.41, 5.74) is 5.26. The van der Waals surface area contributed by atoms with Crippen LogP contribution in [-0.4, -0.2) is 6.61 Å². The molecule has 1 atom stereocenters. The van der Waals surface area contributed by atoms with E-state index in [1.54, 1.807) is 0 Å². The van der Waals surface area contributed by atoms with Crippen LogP contribution in [0.25, 0.3) is 0 Å².